The summed E-state index contributed by atoms with van der Waals surface area (Å²) < 4.78 is 6.14. The standard InChI is InChI=1S/C18H19BrN2O3/c1-3-20-18(23)13-7-5-6-8-15(13)21-17(22)12-9-10-16(24-4-2)14(19)11-12/h5-11H,3-4H2,1-2H3,(H,20,23)(H,21,22). The Kier molecular flexibility index (Phi) is 6.37. The first-order valence-corrected chi connectivity index (χ1v) is 8.47. The van der Waals surface area contributed by atoms with Crippen LogP contribution < -0.4 is 15.4 Å². The fourth-order valence-corrected chi connectivity index (χ4v) is 2.65. The first-order valence-electron chi connectivity index (χ1n) is 7.67. The molecule has 0 unspecified atom stereocenters. The van der Waals surface area contributed by atoms with Crippen molar-refractivity contribution in [1.82, 2.24) is 5.32 Å². The van der Waals surface area contributed by atoms with Crippen molar-refractivity contribution < 1.29 is 14.3 Å². The molecule has 0 radical (unpaired) electrons. The molecule has 2 aromatic carbocycles. The number of benzene rings is 2. The number of hydrogen-bond donors (Lipinski definition) is 2. The third-order valence-electron chi connectivity index (χ3n) is 3.25. The molecule has 2 N–H and O–H groups in total. The van der Waals surface area contributed by atoms with E-state index < -0.39 is 0 Å². The van der Waals surface area contributed by atoms with Gasteiger partial charge >= 0.3 is 0 Å². The molecule has 126 valence electrons. The molecule has 0 saturated heterocycles. The average molecular weight is 391 g/mol. The van der Waals surface area contributed by atoms with Crippen molar-refractivity contribution in [3.8, 4) is 5.75 Å². The lowest BCUT2D eigenvalue weighted by Gasteiger charge is -2.12. The number of para-hydroxylation sites is 1. The summed E-state index contributed by atoms with van der Waals surface area (Å²) in [5, 5.41) is 5.51. The van der Waals surface area contributed by atoms with Gasteiger partial charge in [0.25, 0.3) is 11.8 Å². The lowest BCUT2D eigenvalue weighted by Crippen LogP contribution is -2.24. The Hall–Kier alpha value is -2.34. The van der Waals surface area contributed by atoms with E-state index in [-0.39, 0.29) is 11.8 Å². The first-order chi connectivity index (χ1) is 11.6. The van der Waals surface area contributed by atoms with Gasteiger partial charge in [-0.3, -0.25) is 9.59 Å². The monoisotopic (exact) mass is 390 g/mol. The smallest absolute Gasteiger partial charge is 0.255 e. The van der Waals surface area contributed by atoms with E-state index in [1.54, 1.807) is 42.5 Å². The molecule has 24 heavy (non-hydrogen) atoms. The van der Waals surface area contributed by atoms with Gasteiger partial charge < -0.3 is 15.4 Å². The largest absolute Gasteiger partial charge is 0.493 e. The van der Waals surface area contributed by atoms with Crippen LogP contribution >= 0.6 is 15.9 Å². The quantitative estimate of drug-likeness (QED) is 0.786. The highest BCUT2D eigenvalue weighted by molar-refractivity contribution is 9.10. The van der Waals surface area contributed by atoms with E-state index in [1.165, 1.54) is 0 Å². The average Bonchev–Trinajstić information content (AvgIpc) is 2.57. The van der Waals surface area contributed by atoms with Crippen molar-refractivity contribution in [3.05, 3.63) is 58.1 Å². The summed E-state index contributed by atoms with van der Waals surface area (Å²) in [6.45, 7) is 4.80. The third-order valence-corrected chi connectivity index (χ3v) is 3.87. The Balaban J connectivity index is 2.21. The molecule has 0 spiro atoms. The summed E-state index contributed by atoms with van der Waals surface area (Å²) in [4.78, 5) is 24.5. The molecular weight excluding hydrogens is 372 g/mol. The molecule has 0 aromatic heterocycles. The molecule has 0 aliphatic heterocycles. The second kappa shape index (κ2) is 8.49. The lowest BCUT2D eigenvalue weighted by atomic mass is 10.1. The number of carbonyl (C=O) groups excluding carboxylic acids is 2. The summed E-state index contributed by atoms with van der Waals surface area (Å²) in [5.74, 6) is 0.161. The van der Waals surface area contributed by atoms with Crippen LogP contribution in [0.2, 0.25) is 0 Å². The van der Waals surface area contributed by atoms with Crippen molar-refractivity contribution in [2.45, 2.75) is 13.8 Å². The summed E-state index contributed by atoms with van der Waals surface area (Å²) >= 11 is 3.39. The van der Waals surface area contributed by atoms with Crippen molar-refractivity contribution in [1.29, 1.82) is 0 Å². The van der Waals surface area contributed by atoms with Gasteiger partial charge in [0.1, 0.15) is 5.75 Å². The lowest BCUT2D eigenvalue weighted by molar-refractivity contribution is 0.0956. The minimum absolute atomic E-state index is 0.221. The summed E-state index contributed by atoms with van der Waals surface area (Å²) in [6.07, 6.45) is 0. The normalized spacial score (nSPS) is 10.1. The third kappa shape index (κ3) is 4.35. The highest BCUT2D eigenvalue weighted by atomic mass is 79.9. The number of amides is 2. The molecule has 5 nitrogen and oxygen atoms in total. The van der Waals surface area contributed by atoms with Crippen LogP contribution in [0.5, 0.6) is 5.75 Å². The molecule has 0 aliphatic rings. The SMILES string of the molecule is CCNC(=O)c1ccccc1NC(=O)c1ccc(OCC)c(Br)c1. The molecule has 0 heterocycles. The van der Waals surface area contributed by atoms with Crippen LogP contribution in [0.3, 0.4) is 0 Å². The predicted molar refractivity (Wildman–Crippen MR) is 97.7 cm³/mol. The van der Waals surface area contributed by atoms with Gasteiger partial charge in [-0.2, -0.15) is 0 Å². The zero-order chi connectivity index (χ0) is 17.5. The van der Waals surface area contributed by atoms with E-state index in [2.05, 4.69) is 26.6 Å². The van der Waals surface area contributed by atoms with E-state index in [1.807, 2.05) is 13.8 Å². The van der Waals surface area contributed by atoms with E-state index in [9.17, 15) is 9.59 Å². The van der Waals surface area contributed by atoms with Crippen LogP contribution in [0, 0.1) is 0 Å². The highest BCUT2D eigenvalue weighted by Gasteiger charge is 2.14. The van der Waals surface area contributed by atoms with Crippen LogP contribution in [-0.4, -0.2) is 25.0 Å². The summed E-state index contributed by atoms with van der Waals surface area (Å²) in [5.41, 5.74) is 1.37. The van der Waals surface area contributed by atoms with Crippen molar-refractivity contribution in [3.63, 3.8) is 0 Å². The Morgan fingerprint density at radius 1 is 1.08 bits per heavy atom. The van der Waals surface area contributed by atoms with Crippen LogP contribution in [0.15, 0.2) is 46.9 Å². The number of anilines is 1. The molecule has 2 rings (SSSR count). The molecular formula is C18H19BrN2O3. The number of ether oxygens (including phenoxy) is 1. The molecule has 2 aromatic rings. The van der Waals surface area contributed by atoms with E-state index >= 15 is 0 Å². The molecule has 0 bridgehead atoms. The minimum Gasteiger partial charge on any atom is -0.493 e. The number of hydrogen-bond acceptors (Lipinski definition) is 3. The van der Waals surface area contributed by atoms with Gasteiger partial charge in [0.05, 0.1) is 22.3 Å². The molecule has 0 aliphatic carbocycles. The van der Waals surface area contributed by atoms with E-state index in [0.29, 0.717) is 40.2 Å². The Morgan fingerprint density at radius 3 is 2.50 bits per heavy atom. The van der Waals surface area contributed by atoms with Gasteiger partial charge in [0, 0.05) is 12.1 Å². The number of nitrogens with one attached hydrogen (secondary N) is 2. The van der Waals surface area contributed by atoms with Gasteiger partial charge in [-0.1, -0.05) is 12.1 Å². The molecule has 0 fully saturated rings. The summed E-state index contributed by atoms with van der Waals surface area (Å²) in [6, 6.07) is 12.0. The first kappa shape index (κ1) is 18.0. The maximum absolute atomic E-state index is 12.5. The maximum atomic E-state index is 12.5. The Bertz CT molecular complexity index is 747. The highest BCUT2D eigenvalue weighted by Crippen LogP contribution is 2.26. The van der Waals surface area contributed by atoms with Gasteiger partial charge in [0.2, 0.25) is 0 Å². The number of rotatable bonds is 6. The van der Waals surface area contributed by atoms with Crippen LogP contribution in [0.1, 0.15) is 34.6 Å². The van der Waals surface area contributed by atoms with Gasteiger partial charge in [-0.15, -0.1) is 0 Å². The van der Waals surface area contributed by atoms with E-state index in [0.717, 1.165) is 0 Å². The fraction of sp³-hybridized carbons (Fsp3) is 0.222. The van der Waals surface area contributed by atoms with Gasteiger partial charge in [-0.25, -0.2) is 0 Å². The second-order valence-corrected chi connectivity index (χ2v) is 5.79. The number of carbonyl (C=O) groups is 2. The van der Waals surface area contributed by atoms with Crippen LogP contribution in [-0.2, 0) is 0 Å². The van der Waals surface area contributed by atoms with Gasteiger partial charge in [-0.05, 0) is 60.1 Å². The molecule has 2 amide bonds. The molecule has 0 saturated carbocycles. The Labute approximate surface area is 149 Å². The summed E-state index contributed by atoms with van der Waals surface area (Å²) in [7, 11) is 0. The van der Waals surface area contributed by atoms with E-state index in [4.69, 9.17) is 4.74 Å². The van der Waals surface area contributed by atoms with Gasteiger partial charge in [0.15, 0.2) is 0 Å². The zero-order valence-electron chi connectivity index (χ0n) is 13.6. The minimum atomic E-state index is -0.296. The van der Waals surface area contributed by atoms with Crippen LogP contribution in [0.25, 0.3) is 0 Å². The van der Waals surface area contributed by atoms with Crippen molar-refractivity contribution in [2.75, 3.05) is 18.5 Å². The topological polar surface area (TPSA) is 67.4 Å². The zero-order valence-corrected chi connectivity index (χ0v) is 15.1. The molecule has 0 atom stereocenters. The fourth-order valence-electron chi connectivity index (χ4n) is 2.16. The van der Waals surface area contributed by atoms with Crippen molar-refractivity contribution >= 4 is 33.4 Å². The second-order valence-electron chi connectivity index (χ2n) is 4.94. The molecule has 6 heteroatoms. The number of halogens is 1. The van der Waals surface area contributed by atoms with Crippen molar-refractivity contribution in [2.24, 2.45) is 0 Å². The Morgan fingerprint density at radius 2 is 1.83 bits per heavy atom. The maximum Gasteiger partial charge on any atom is 0.255 e. The van der Waals surface area contributed by atoms with Crippen LogP contribution in [0.4, 0.5) is 5.69 Å². The predicted octanol–water partition coefficient (Wildman–Crippen LogP) is 3.85.